The van der Waals surface area contributed by atoms with Crippen LogP contribution in [0.2, 0.25) is 0 Å². The van der Waals surface area contributed by atoms with E-state index in [1.165, 1.54) is 23.7 Å². The first-order valence-corrected chi connectivity index (χ1v) is 15.5. The Balaban J connectivity index is 1.32. The average Bonchev–Trinajstić information content (AvgIpc) is 2.93. The van der Waals surface area contributed by atoms with Crippen LogP contribution in [0.25, 0.3) is 0 Å². The molecule has 0 unspecified atom stereocenters. The molecule has 1 aliphatic heterocycles. The van der Waals surface area contributed by atoms with Gasteiger partial charge in [-0.1, -0.05) is 42.6 Å². The number of rotatable bonds is 16. The van der Waals surface area contributed by atoms with Gasteiger partial charge in [0.1, 0.15) is 0 Å². The summed E-state index contributed by atoms with van der Waals surface area (Å²) in [4.78, 5) is 24.1. The van der Waals surface area contributed by atoms with Gasteiger partial charge in [0.25, 0.3) is 0 Å². The van der Waals surface area contributed by atoms with Gasteiger partial charge in [-0.2, -0.15) is 0 Å². The van der Waals surface area contributed by atoms with Gasteiger partial charge in [-0.05, 0) is 43.2 Å². The molecular formula is C26H45N5O5S. The number of unbranched alkanes of at least 4 members (excludes halogenated alkanes) is 3. The topological polar surface area (TPSA) is 113 Å². The van der Waals surface area contributed by atoms with E-state index in [2.05, 4.69) is 20.5 Å². The maximum absolute atomic E-state index is 13.1. The van der Waals surface area contributed by atoms with Crippen molar-refractivity contribution in [3.63, 3.8) is 0 Å². The number of nitrogens with zero attached hydrogens (tertiary/aromatic N) is 3. The number of hydroxylamine groups is 1. The third-order valence-electron chi connectivity index (χ3n) is 6.98. The lowest BCUT2D eigenvalue weighted by atomic mass is 9.90. The molecule has 1 saturated carbocycles. The minimum Gasteiger partial charge on any atom is -0.379 e. The molecule has 10 nitrogen and oxygen atoms in total. The van der Waals surface area contributed by atoms with Crippen molar-refractivity contribution in [1.29, 1.82) is 0 Å². The molecule has 3 rings (SSSR count). The van der Waals surface area contributed by atoms with Crippen LogP contribution in [-0.2, 0) is 26.1 Å². The first-order chi connectivity index (χ1) is 18.0. The van der Waals surface area contributed by atoms with Crippen LogP contribution in [-0.4, -0.2) is 87.1 Å². The molecule has 1 aliphatic carbocycles. The molecule has 0 spiro atoms. The molecule has 210 valence electrons. The van der Waals surface area contributed by atoms with Crippen LogP contribution in [0.5, 0.6) is 0 Å². The van der Waals surface area contributed by atoms with E-state index in [1.54, 1.807) is 12.4 Å². The van der Waals surface area contributed by atoms with Gasteiger partial charge in [0, 0.05) is 45.1 Å². The Morgan fingerprint density at radius 3 is 2.65 bits per heavy atom. The molecule has 37 heavy (non-hydrogen) atoms. The number of hydrogen-bond donors (Lipinski definition) is 2. The summed E-state index contributed by atoms with van der Waals surface area (Å²) in [5, 5.41) is 5.65. The van der Waals surface area contributed by atoms with Gasteiger partial charge in [-0.15, -0.1) is 0 Å². The number of hydrogen-bond acceptors (Lipinski definition) is 7. The normalized spacial score (nSPS) is 17.6. The number of pyridine rings is 1. The number of carbonyl (C=O) groups excluding carboxylic acids is 1. The van der Waals surface area contributed by atoms with Gasteiger partial charge < -0.3 is 15.4 Å². The van der Waals surface area contributed by atoms with Crippen LogP contribution in [0.3, 0.4) is 0 Å². The van der Waals surface area contributed by atoms with Gasteiger partial charge in [0.2, 0.25) is 10.0 Å². The molecule has 0 bridgehead atoms. The smallest absolute Gasteiger partial charge is 0.315 e. The standard InChI is InChI=1S/C26H45N5O5S/c32-26(29-22-25-11-8-12-27-21-25)28-13-6-1-2-7-20-37(33,34)31(15-14-30-16-18-35-19-17-30)36-23-24-9-4-3-5-10-24/h8,11-12,21,24H,1-7,9-10,13-20,22-23H2,(H2,28,29,32). The third-order valence-corrected chi connectivity index (χ3v) is 8.70. The number of ether oxygens (including phenoxy) is 1. The molecule has 2 fully saturated rings. The summed E-state index contributed by atoms with van der Waals surface area (Å²) in [6.07, 6.45) is 12.4. The van der Waals surface area contributed by atoms with Gasteiger partial charge in [0.05, 0.1) is 32.1 Å². The summed E-state index contributed by atoms with van der Waals surface area (Å²) in [6.45, 7) is 5.52. The number of morpholine rings is 1. The van der Waals surface area contributed by atoms with Crippen LogP contribution < -0.4 is 10.6 Å². The number of nitrogens with one attached hydrogen (secondary N) is 2. The van der Waals surface area contributed by atoms with Crippen molar-refractivity contribution in [2.24, 2.45) is 5.92 Å². The fourth-order valence-electron chi connectivity index (χ4n) is 4.69. The van der Waals surface area contributed by atoms with E-state index in [4.69, 9.17) is 9.57 Å². The summed E-state index contributed by atoms with van der Waals surface area (Å²) in [7, 11) is -3.50. The summed E-state index contributed by atoms with van der Waals surface area (Å²) in [6, 6.07) is 3.53. The van der Waals surface area contributed by atoms with Crippen LogP contribution in [0, 0.1) is 5.92 Å². The van der Waals surface area contributed by atoms with Crippen LogP contribution in [0.1, 0.15) is 63.4 Å². The molecule has 11 heteroatoms. The van der Waals surface area contributed by atoms with Crippen molar-refractivity contribution in [2.45, 2.75) is 64.3 Å². The van der Waals surface area contributed by atoms with Gasteiger partial charge in [0.15, 0.2) is 0 Å². The maximum Gasteiger partial charge on any atom is 0.315 e. The van der Waals surface area contributed by atoms with Crippen molar-refractivity contribution in [1.82, 2.24) is 25.0 Å². The summed E-state index contributed by atoms with van der Waals surface area (Å²) < 4.78 is 32.9. The molecule has 1 aromatic rings. The number of sulfonamides is 1. The second kappa shape index (κ2) is 16.9. The van der Waals surface area contributed by atoms with Gasteiger partial charge in [-0.25, -0.2) is 13.2 Å². The highest BCUT2D eigenvalue weighted by molar-refractivity contribution is 7.88. The van der Waals surface area contributed by atoms with E-state index in [0.717, 1.165) is 50.8 Å². The number of carbonyl (C=O) groups is 1. The zero-order chi connectivity index (χ0) is 26.2. The molecule has 2 heterocycles. The second-order valence-corrected chi connectivity index (χ2v) is 12.0. The van der Waals surface area contributed by atoms with Crippen molar-refractivity contribution >= 4 is 16.1 Å². The molecule has 0 radical (unpaired) electrons. The molecular weight excluding hydrogens is 494 g/mol. The van der Waals surface area contributed by atoms with Crippen molar-refractivity contribution in [3.8, 4) is 0 Å². The quantitative estimate of drug-likeness (QED) is 0.245. The number of urea groups is 1. The highest BCUT2D eigenvalue weighted by atomic mass is 32.2. The molecule has 0 aromatic carbocycles. The Kier molecular flexibility index (Phi) is 13.6. The van der Waals surface area contributed by atoms with Crippen LogP contribution in [0.15, 0.2) is 24.5 Å². The molecule has 2 N–H and O–H groups in total. The van der Waals surface area contributed by atoms with Gasteiger partial charge >= 0.3 is 6.03 Å². The minimum atomic E-state index is -3.50. The fourth-order valence-corrected chi connectivity index (χ4v) is 6.04. The molecule has 2 amide bonds. The molecule has 1 saturated heterocycles. The Morgan fingerprint density at radius 1 is 1.11 bits per heavy atom. The highest BCUT2D eigenvalue weighted by Gasteiger charge is 2.26. The molecule has 1 aromatic heterocycles. The maximum atomic E-state index is 13.1. The Morgan fingerprint density at radius 2 is 1.89 bits per heavy atom. The van der Waals surface area contributed by atoms with E-state index in [9.17, 15) is 13.2 Å². The van der Waals surface area contributed by atoms with Crippen molar-refractivity contribution in [2.75, 3.05) is 58.3 Å². The van der Waals surface area contributed by atoms with Crippen LogP contribution in [0.4, 0.5) is 4.79 Å². The number of amides is 2. The predicted molar refractivity (Wildman–Crippen MR) is 143 cm³/mol. The SMILES string of the molecule is O=C(NCCCCCCS(=O)(=O)N(CCN1CCOCC1)OCC1CCCCC1)NCc1cccnc1. The van der Waals surface area contributed by atoms with E-state index in [1.807, 2.05) is 12.1 Å². The zero-order valence-electron chi connectivity index (χ0n) is 22.1. The fraction of sp³-hybridized carbons (Fsp3) is 0.769. The lowest BCUT2D eigenvalue weighted by Crippen LogP contribution is -2.44. The lowest BCUT2D eigenvalue weighted by Gasteiger charge is -2.30. The van der Waals surface area contributed by atoms with Crippen molar-refractivity contribution < 1.29 is 22.8 Å². The second-order valence-electron chi connectivity index (χ2n) is 9.98. The summed E-state index contributed by atoms with van der Waals surface area (Å²) in [5.41, 5.74) is 0.945. The van der Waals surface area contributed by atoms with E-state index < -0.39 is 10.0 Å². The monoisotopic (exact) mass is 539 g/mol. The van der Waals surface area contributed by atoms with Crippen LogP contribution >= 0.6 is 0 Å². The molecule has 0 atom stereocenters. The van der Waals surface area contributed by atoms with E-state index in [-0.39, 0.29) is 11.8 Å². The largest absolute Gasteiger partial charge is 0.379 e. The van der Waals surface area contributed by atoms with E-state index in [0.29, 0.717) is 58.3 Å². The summed E-state index contributed by atoms with van der Waals surface area (Å²) >= 11 is 0. The predicted octanol–water partition coefficient (Wildman–Crippen LogP) is 2.92. The first-order valence-electron chi connectivity index (χ1n) is 13.9. The summed E-state index contributed by atoms with van der Waals surface area (Å²) in [5.74, 6) is 0.531. The third kappa shape index (κ3) is 12.1. The molecule has 2 aliphatic rings. The first kappa shape index (κ1) is 29.8. The Bertz CT molecular complexity index is 839. The van der Waals surface area contributed by atoms with Crippen molar-refractivity contribution in [3.05, 3.63) is 30.1 Å². The van der Waals surface area contributed by atoms with E-state index >= 15 is 0 Å². The average molecular weight is 540 g/mol. The highest BCUT2D eigenvalue weighted by Crippen LogP contribution is 2.24. The Labute approximate surface area is 222 Å². The lowest BCUT2D eigenvalue weighted by molar-refractivity contribution is -0.107. The van der Waals surface area contributed by atoms with Gasteiger partial charge in [-0.3, -0.25) is 14.7 Å². The minimum absolute atomic E-state index is 0.0831. The number of aromatic nitrogens is 1. The zero-order valence-corrected chi connectivity index (χ0v) is 22.9. The Hall–Kier alpha value is -1.79.